The van der Waals surface area contributed by atoms with Crippen molar-refractivity contribution in [1.29, 1.82) is 0 Å². The molecule has 3 heterocycles. The fourth-order valence-electron chi connectivity index (χ4n) is 4.40. The molecule has 0 spiro atoms. The number of hydrogen-bond acceptors (Lipinski definition) is 3. The summed E-state index contributed by atoms with van der Waals surface area (Å²) in [4.78, 5) is 22.6. The fourth-order valence-corrected chi connectivity index (χ4v) is 4.40. The van der Waals surface area contributed by atoms with Crippen molar-refractivity contribution >= 4 is 16.8 Å². The fraction of sp³-hybridized carbons (Fsp3) is 0.250. The number of hydrogen-bond donors (Lipinski definition) is 1. The summed E-state index contributed by atoms with van der Waals surface area (Å²) in [5, 5.41) is 1.18. The van der Waals surface area contributed by atoms with Crippen LogP contribution in [0.4, 0.5) is 4.39 Å². The molecule has 6 nitrogen and oxygen atoms in total. The van der Waals surface area contributed by atoms with Crippen molar-refractivity contribution in [3.05, 3.63) is 78.3 Å². The van der Waals surface area contributed by atoms with Crippen molar-refractivity contribution in [3.63, 3.8) is 0 Å². The number of H-pyrrole nitrogens is 1. The second-order valence-corrected chi connectivity index (χ2v) is 7.85. The van der Waals surface area contributed by atoms with Crippen LogP contribution >= 0.6 is 0 Å². The zero-order chi connectivity index (χ0) is 21.4. The van der Waals surface area contributed by atoms with Crippen molar-refractivity contribution in [2.24, 2.45) is 0 Å². The van der Waals surface area contributed by atoms with Crippen LogP contribution in [0.3, 0.4) is 0 Å². The van der Waals surface area contributed by atoms with E-state index < -0.39 is 0 Å². The number of aromatic nitrogens is 3. The Morgan fingerprint density at radius 2 is 1.94 bits per heavy atom. The number of fused-ring (bicyclic) bond motifs is 1. The van der Waals surface area contributed by atoms with Gasteiger partial charge in [0.1, 0.15) is 17.3 Å². The lowest BCUT2D eigenvalue weighted by atomic mass is 9.89. The maximum absolute atomic E-state index is 13.3. The molecule has 158 valence electrons. The lowest BCUT2D eigenvalue weighted by Crippen LogP contribution is -2.38. The van der Waals surface area contributed by atoms with Gasteiger partial charge in [0.05, 0.1) is 19.6 Å². The predicted molar refractivity (Wildman–Crippen MR) is 116 cm³/mol. The zero-order valence-corrected chi connectivity index (χ0v) is 17.2. The van der Waals surface area contributed by atoms with Gasteiger partial charge in [0, 0.05) is 35.9 Å². The molecule has 7 heteroatoms. The van der Waals surface area contributed by atoms with Crippen LogP contribution in [-0.4, -0.2) is 45.5 Å². The lowest BCUT2D eigenvalue weighted by molar-refractivity contribution is 0.0705. The molecule has 5 rings (SSSR count). The first-order chi connectivity index (χ1) is 15.1. The Balaban J connectivity index is 1.32. The summed E-state index contributed by atoms with van der Waals surface area (Å²) in [7, 11) is 1.67. The smallest absolute Gasteiger partial charge is 0.272 e. The van der Waals surface area contributed by atoms with Gasteiger partial charge in [-0.3, -0.25) is 9.36 Å². The number of carbonyl (C=O) groups is 1. The summed E-state index contributed by atoms with van der Waals surface area (Å²) >= 11 is 0. The van der Waals surface area contributed by atoms with Crippen LogP contribution in [0.1, 0.15) is 34.8 Å². The van der Waals surface area contributed by atoms with Gasteiger partial charge >= 0.3 is 0 Å². The second-order valence-electron chi connectivity index (χ2n) is 7.85. The molecule has 1 N–H and O–H groups in total. The van der Waals surface area contributed by atoms with E-state index >= 15 is 0 Å². The van der Waals surface area contributed by atoms with E-state index in [2.05, 4.69) is 22.2 Å². The van der Waals surface area contributed by atoms with Crippen molar-refractivity contribution in [2.75, 3.05) is 20.2 Å². The number of benzene rings is 2. The predicted octanol–water partition coefficient (Wildman–Crippen LogP) is 4.52. The molecule has 0 saturated carbocycles. The van der Waals surface area contributed by atoms with Gasteiger partial charge in [-0.15, -0.1) is 0 Å². The molecule has 0 atom stereocenters. The van der Waals surface area contributed by atoms with E-state index in [-0.39, 0.29) is 11.7 Å². The monoisotopic (exact) mass is 418 g/mol. The second kappa shape index (κ2) is 7.91. The minimum absolute atomic E-state index is 0.0547. The summed E-state index contributed by atoms with van der Waals surface area (Å²) in [6.07, 6.45) is 7.02. The number of nitrogens with one attached hydrogen (secondary N) is 1. The number of rotatable bonds is 4. The van der Waals surface area contributed by atoms with Gasteiger partial charge in [-0.25, -0.2) is 9.37 Å². The molecular weight excluding hydrogens is 395 g/mol. The van der Waals surface area contributed by atoms with E-state index in [4.69, 9.17) is 4.74 Å². The number of halogens is 1. The Morgan fingerprint density at radius 1 is 1.16 bits per heavy atom. The molecule has 0 aliphatic carbocycles. The van der Waals surface area contributed by atoms with Crippen LogP contribution in [0.25, 0.3) is 16.6 Å². The molecule has 2 aromatic heterocycles. The number of likely N-dealkylation sites (tertiary alicyclic amines) is 1. The maximum atomic E-state index is 13.3. The summed E-state index contributed by atoms with van der Waals surface area (Å²) in [5.74, 6) is 0.858. The average Bonchev–Trinajstić information content (AvgIpc) is 3.46. The summed E-state index contributed by atoms with van der Waals surface area (Å²) in [6.45, 7) is 1.35. The van der Waals surface area contributed by atoms with E-state index in [1.807, 2.05) is 17.0 Å². The number of ether oxygens (including phenoxy) is 1. The highest BCUT2D eigenvalue weighted by molar-refractivity contribution is 5.93. The third-order valence-corrected chi connectivity index (χ3v) is 6.11. The Kier molecular flexibility index (Phi) is 4.94. The lowest BCUT2D eigenvalue weighted by Gasteiger charge is -2.32. The Labute approximate surface area is 179 Å². The summed E-state index contributed by atoms with van der Waals surface area (Å²) in [5.41, 5.74) is 3.57. The number of aromatic amines is 1. The first-order valence-electron chi connectivity index (χ1n) is 10.4. The topological polar surface area (TPSA) is 63.1 Å². The van der Waals surface area contributed by atoms with Crippen molar-refractivity contribution < 1.29 is 13.9 Å². The molecule has 1 amide bonds. The van der Waals surface area contributed by atoms with Gasteiger partial charge in [-0.05, 0) is 66.8 Å². The summed E-state index contributed by atoms with van der Waals surface area (Å²) < 4.78 is 20.4. The molecule has 4 aromatic rings. The number of piperidine rings is 1. The number of amides is 1. The molecule has 0 radical (unpaired) electrons. The molecule has 1 fully saturated rings. The highest BCUT2D eigenvalue weighted by Crippen LogP contribution is 2.35. The first-order valence-corrected chi connectivity index (χ1v) is 10.4. The standard InChI is InChI=1S/C24H23FN4O2/c1-31-19-6-7-22-20(12-19)21(13-27-22)16-8-10-28(11-9-16)24(30)23-14-26-15-29(23)18-4-2-17(25)3-5-18/h2-7,12-16,27H,8-11H2,1H3. The van der Waals surface area contributed by atoms with Crippen molar-refractivity contribution in [3.8, 4) is 11.4 Å². The largest absolute Gasteiger partial charge is 0.497 e. The molecule has 2 aromatic carbocycles. The Bertz CT molecular complexity index is 1220. The quantitative estimate of drug-likeness (QED) is 0.530. The zero-order valence-electron chi connectivity index (χ0n) is 17.2. The van der Waals surface area contributed by atoms with E-state index in [0.717, 1.165) is 24.1 Å². The molecular formula is C24H23FN4O2. The Hall–Kier alpha value is -3.61. The van der Waals surface area contributed by atoms with Crippen LogP contribution in [0.15, 0.2) is 61.2 Å². The van der Waals surface area contributed by atoms with Gasteiger partial charge in [0.25, 0.3) is 5.91 Å². The van der Waals surface area contributed by atoms with Crippen LogP contribution in [-0.2, 0) is 0 Å². The van der Waals surface area contributed by atoms with Crippen LogP contribution < -0.4 is 4.74 Å². The first kappa shape index (κ1) is 19.4. The maximum Gasteiger partial charge on any atom is 0.272 e. The molecule has 0 unspecified atom stereocenters. The number of carbonyl (C=O) groups excluding carboxylic acids is 1. The minimum atomic E-state index is -0.311. The Morgan fingerprint density at radius 3 is 2.68 bits per heavy atom. The van der Waals surface area contributed by atoms with Crippen LogP contribution in [0.5, 0.6) is 5.75 Å². The number of imidazole rings is 1. The minimum Gasteiger partial charge on any atom is -0.497 e. The van der Waals surface area contributed by atoms with Crippen LogP contribution in [0.2, 0.25) is 0 Å². The molecule has 1 saturated heterocycles. The highest BCUT2D eigenvalue weighted by atomic mass is 19.1. The molecule has 1 aliphatic heterocycles. The van der Waals surface area contributed by atoms with Gasteiger partial charge in [0.15, 0.2) is 0 Å². The van der Waals surface area contributed by atoms with Crippen molar-refractivity contribution in [1.82, 2.24) is 19.4 Å². The molecule has 31 heavy (non-hydrogen) atoms. The van der Waals surface area contributed by atoms with Crippen LogP contribution in [0, 0.1) is 5.82 Å². The van der Waals surface area contributed by atoms with E-state index in [0.29, 0.717) is 30.4 Å². The third kappa shape index (κ3) is 3.56. The highest BCUT2D eigenvalue weighted by Gasteiger charge is 2.28. The SMILES string of the molecule is COc1ccc2[nH]cc(C3CCN(C(=O)c4cncn4-c4ccc(F)cc4)CC3)c2c1. The van der Waals surface area contributed by atoms with Gasteiger partial charge in [0.2, 0.25) is 0 Å². The summed E-state index contributed by atoms with van der Waals surface area (Å²) in [6, 6.07) is 12.1. The third-order valence-electron chi connectivity index (χ3n) is 6.11. The van der Waals surface area contributed by atoms with Gasteiger partial charge < -0.3 is 14.6 Å². The van der Waals surface area contributed by atoms with Gasteiger partial charge in [-0.1, -0.05) is 0 Å². The molecule has 1 aliphatic rings. The number of methoxy groups -OCH3 is 1. The normalized spacial score (nSPS) is 14.8. The van der Waals surface area contributed by atoms with Gasteiger partial charge in [-0.2, -0.15) is 0 Å². The average molecular weight is 418 g/mol. The molecule has 0 bridgehead atoms. The van der Waals surface area contributed by atoms with E-state index in [9.17, 15) is 9.18 Å². The van der Waals surface area contributed by atoms with Crippen molar-refractivity contribution in [2.45, 2.75) is 18.8 Å². The van der Waals surface area contributed by atoms with E-state index in [1.54, 1.807) is 36.3 Å². The van der Waals surface area contributed by atoms with E-state index in [1.165, 1.54) is 23.1 Å². The number of nitrogens with zero attached hydrogens (tertiary/aromatic N) is 3.